The normalized spacial score (nSPS) is 9.59. The predicted molar refractivity (Wildman–Crippen MR) is 107 cm³/mol. The smallest absolute Gasteiger partial charge is 0.161 e. The van der Waals surface area contributed by atoms with Crippen LogP contribution in [0.25, 0.3) is 5.57 Å². The van der Waals surface area contributed by atoms with E-state index in [0.717, 1.165) is 28.8 Å². The Morgan fingerprint density at radius 1 is 1.23 bits per heavy atom. The van der Waals surface area contributed by atoms with Crippen LogP contribution in [0.2, 0.25) is 0 Å². The number of terminal acetylenes is 1. The third-order valence-electron chi connectivity index (χ3n) is 2.66. The summed E-state index contributed by atoms with van der Waals surface area (Å²) in [5.74, 6) is 0. The first-order chi connectivity index (χ1) is 10.7. The maximum Gasteiger partial charge on any atom is 0.161 e. The summed E-state index contributed by atoms with van der Waals surface area (Å²) in [6, 6.07) is 0. The largest absolute Gasteiger partial charge is 0.326 e. The quantitative estimate of drug-likeness (QED) is 0.243. The lowest BCUT2D eigenvalue weighted by atomic mass is 10.1. The Labute approximate surface area is 145 Å². The summed E-state index contributed by atoms with van der Waals surface area (Å²) in [5.41, 5.74) is 2.31. The van der Waals surface area contributed by atoms with Crippen LogP contribution < -0.4 is 0 Å². The SMILES string of the molecule is C#C.C=CC/C=C(\C=C)c1c(CCC=C)sc(=S)n1C.CC. The van der Waals surface area contributed by atoms with Crippen molar-refractivity contribution in [3.63, 3.8) is 0 Å². The summed E-state index contributed by atoms with van der Waals surface area (Å²) < 4.78 is 2.96. The number of hydrogen-bond donors (Lipinski definition) is 0. The highest BCUT2D eigenvalue weighted by Gasteiger charge is 2.12. The first-order valence-corrected chi connectivity index (χ1v) is 8.45. The van der Waals surface area contributed by atoms with E-state index < -0.39 is 0 Å². The van der Waals surface area contributed by atoms with Gasteiger partial charge in [0.25, 0.3) is 0 Å². The number of thiazole rings is 1. The standard InChI is InChI=1S/C15H19NS2.C2H6.C2H2/c1-5-8-10-12(7-3)14-13(11-9-6-2)18-15(17)16(14)4;2*1-2/h5-7,10H,1-3,8-9,11H2,4H3;1-2H3;1-2H/b12-10+;;. The average molecular weight is 334 g/mol. The summed E-state index contributed by atoms with van der Waals surface area (Å²) in [5, 5.41) is 0. The molecule has 0 bridgehead atoms. The second-order valence-electron chi connectivity index (χ2n) is 3.91. The molecule has 22 heavy (non-hydrogen) atoms. The van der Waals surface area contributed by atoms with E-state index in [4.69, 9.17) is 12.2 Å². The molecule has 0 saturated carbocycles. The van der Waals surface area contributed by atoms with E-state index in [9.17, 15) is 0 Å². The molecule has 1 aromatic rings. The molecule has 0 aliphatic rings. The topological polar surface area (TPSA) is 4.93 Å². The Hall–Kier alpha value is -1.63. The van der Waals surface area contributed by atoms with E-state index in [2.05, 4.69) is 43.2 Å². The van der Waals surface area contributed by atoms with Gasteiger partial charge in [0.2, 0.25) is 0 Å². The number of aromatic nitrogens is 1. The number of rotatable bonds is 7. The van der Waals surface area contributed by atoms with Crippen LogP contribution in [0, 0.1) is 16.8 Å². The van der Waals surface area contributed by atoms with Crippen LogP contribution in [-0.4, -0.2) is 4.57 Å². The van der Waals surface area contributed by atoms with Crippen molar-refractivity contribution < 1.29 is 0 Å². The van der Waals surface area contributed by atoms with Crippen LogP contribution in [-0.2, 0) is 13.5 Å². The highest BCUT2D eigenvalue weighted by atomic mass is 32.1. The fourth-order valence-electron chi connectivity index (χ4n) is 1.74. The molecule has 0 saturated heterocycles. The number of hydrogen-bond acceptors (Lipinski definition) is 2. The monoisotopic (exact) mass is 333 g/mol. The molecular weight excluding hydrogens is 306 g/mol. The Kier molecular flexibility index (Phi) is 14.7. The van der Waals surface area contributed by atoms with Gasteiger partial charge in [0, 0.05) is 11.9 Å². The van der Waals surface area contributed by atoms with E-state index >= 15 is 0 Å². The lowest BCUT2D eigenvalue weighted by Gasteiger charge is -2.07. The molecule has 0 atom stereocenters. The molecule has 0 aliphatic carbocycles. The number of aryl methyl sites for hydroxylation is 1. The number of nitrogens with zero attached hydrogens (tertiary/aromatic N) is 1. The molecule has 1 aromatic heterocycles. The first-order valence-electron chi connectivity index (χ1n) is 7.22. The van der Waals surface area contributed by atoms with Gasteiger partial charge in [-0.2, -0.15) is 0 Å². The van der Waals surface area contributed by atoms with E-state index in [-0.39, 0.29) is 0 Å². The minimum Gasteiger partial charge on any atom is -0.326 e. The number of allylic oxidation sites excluding steroid dienone is 5. The van der Waals surface area contributed by atoms with Crippen molar-refractivity contribution in [3.05, 3.63) is 58.6 Å². The Bertz CT molecular complexity index is 568. The van der Waals surface area contributed by atoms with Gasteiger partial charge in [-0.1, -0.05) is 44.7 Å². The van der Waals surface area contributed by atoms with Gasteiger partial charge in [0.05, 0.1) is 5.69 Å². The molecule has 1 heterocycles. The van der Waals surface area contributed by atoms with Crippen LogP contribution in [0.15, 0.2) is 44.0 Å². The van der Waals surface area contributed by atoms with Crippen molar-refractivity contribution in [1.29, 1.82) is 0 Å². The highest BCUT2D eigenvalue weighted by Crippen LogP contribution is 2.28. The molecule has 3 heteroatoms. The molecular formula is C19H27NS2. The maximum atomic E-state index is 5.37. The van der Waals surface area contributed by atoms with E-state index in [1.807, 2.05) is 39.1 Å². The van der Waals surface area contributed by atoms with Crippen LogP contribution in [0.1, 0.15) is 37.3 Å². The minimum atomic E-state index is 0.838. The zero-order valence-corrected chi connectivity index (χ0v) is 15.6. The van der Waals surface area contributed by atoms with E-state index in [1.165, 1.54) is 10.6 Å². The molecule has 1 rings (SSSR count). The summed E-state index contributed by atoms with van der Waals surface area (Å²) in [6.07, 6.45) is 18.6. The van der Waals surface area contributed by atoms with E-state index in [0.29, 0.717) is 0 Å². The molecule has 1 nitrogen and oxygen atoms in total. The molecule has 0 aliphatic heterocycles. The predicted octanol–water partition coefficient (Wildman–Crippen LogP) is 6.36. The van der Waals surface area contributed by atoms with Gasteiger partial charge in [0.15, 0.2) is 3.95 Å². The van der Waals surface area contributed by atoms with Gasteiger partial charge in [-0.25, -0.2) is 0 Å². The summed E-state index contributed by atoms with van der Waals surface area (Å²) in [4.78, 5) is 1.30. The fourth-order valence-corrected chi connectivity index (χ4v) is 3.15. The van der Waals surface area contributed by atoms with Gasteiger partial charge < -0.3 is 4.57 Å². The lowest BCUT2D eigenvalue weighted by molar-refractivity contribution is 0.881. The Morgan fingerprint density at radius 3 is 2.27 bits per heavy atom. The van der Waals surface area contributed by atoms with Crippen molar-refractivity contribution in [3.8, 4) is 12.8 Å². The zero-order chi connectivity index (χ0) is 17.5. The van der Waals surface area contributed by atoms with Crippen LogP contribution in [0.4, 0.5) is 0 Å². The third-order valence-corrected chi connectivity index (χ3v) is 4.27. The molecule has 0 fully saturated rings. The van der Waals surface area contributed by atoms with Gasteiger partial charge >= 0.3 is 0 Å². The second-order valence-corrected chi connectivity index (χ2v) is 5.64. The summed E-state index contributed by atoms with van der Waals surface area (Å²) in [6.45, 7) is 15.4. The maximum absolute atomic E-state index is 5.37. The van der Waals surface area contributed by atoms with Gasteiger partial charge in [-0.05, 0) is 37.1 Å². The van der Waals surface area contributed by atoms with Crippen LogP contribution in [0.5, 0.6) is 0 Å². The lowest BCUT2D eigenvalue weighted by Crippen LogP contribution is -1.98. The molecule has 0 radical (unpaired) electrons. The van der Waals surface area contributed by atoms with Gasteiger partial charge in [-0.15, -0.1) is 37.3 Å². The molecule has 120 valence electrons. The van der Waals surface area contributed by atoms with Crippen LogP contribution >= 0.6 is 23.6 Å². The second kappa shape index (κ2) is 14.3. The van der Waals surface area contributed by atoms with Crippen LogP contribution in [0.3, 0.4) is 0 Å². The molecule has 0 amide bonds. The summed E-state index contributed by atoms with van der Waals surface area (Å²) in [7, 11) is 2.01. The molecule has 0 aromatic carbocycles. The minimum absolute atomic E-state index is 0.838. The molecule has 0 spiro atoms. The zero-order valence-electron chi connectivity index (χ0n) is 14.0. The first kappa shape index (κ1) is 22.6. The Balaban J connectivity index is 0. The van der Waals surface area contributed by atoms with Gasteiger partial charge in [0.1, 0.15) is 0 Å². The molecule has 0 unspecified atom stereocenters. The van der Waals surface area contributed by atoms with E-state index in [1.54, 1.807) is 11.3 Å². The Morgan fingerprint density at radius 2 is 1.82 bits per heavy atom. The average Bonchev–Trinajstić information content (AvgIpc) is 2.85. The van der Waals surface area contributed by atoms with Crippen molar-refractivity contribution in [2.75, 3.05) is 0 Å². The van der Waals surface area contributed by atoms with Crippen molar-refractivity contribution in [1.82, 2.24) is 4.57 Å². The van der Waals surface area contributed by atoms with Crippen molar-refractivity contribution >= 4 is 29.1 Å². The third kappa shape index (κ3) is 6.89. The van der Waals surface area contributed by atoms with Crippen molar-refractivity contribution in [2.24, 2.45) is 7.05 Å². The van der Waals surface area contributed by atoms with Gasteiger partial charge in [-0.3, -0.25) is 0 Å². The molecule has 0 N–H and O–H groups in total. The van der Waals surface area contributed by atoms with Crippen molar-refractivity contribution in [2.45, 2.75) is 33.1 Å². The summed E-state index contributed by atoms with van der Waals surface area (Å²) >= 11 is 7.04. The highest BCUT2D eigenvalue weighted by molar-refractivity contribution is 7.73. The fraction of sp³-hybridized carbons (Fsp3) is 0.316.